The number of para-hydroxylation sites is 1. The highest BCUT2D eigenvalue weighted by atomic mass is 79.9. The minimum atomic E-state index is -1.82. The molecule has 0 aromatic heterocycles. The molecule has 0 aliphatic rings. The third-order valence-corrected chi connectivity index (χ3v) is 9.60. The van der Waals surface area contributed by atoms with Gasteiger partial charge < -0.3 is 4.43 Å². The van der Waals surface area contributed by atoms with Crippen LogP contribution < -0.4 is 4.43 Å². The van der Waals surface area contributed by atoms with Crippen molar-refractivity contribution >= 4 is 24.2 Å². The molecule has 0 heterocycles. The predicted molar refractivity (Wildman–Crippen MR) is 101 cm³/mol. The van der Waals surface area contributed by atoms with Gasteiger partial charge in [0.2, 0.25) is 8.32 Å². The van der Waals surface area contributed by atoms with E-state index in [0.29, 0.717) is 0 Å². The van der Waals surface area contributed by atoms with E-state index in [9.17, 15) is 0 Å². The quantitative estimate of drug-likeness (QED) is 0.558. The molecule has 0 aliphatic heterocycles. The van der Waals surface area contributed by atoms with Crippen LogP contribution in [0.15, 0.2) is 53.0 Å². The first-order valence-electron chi connectivity index (χ1n) is 7.71. The third-order valence-electron chi connectivity index (χ3n) is 4.48. The van der Waals surface area contributed by atoms with E-state index in [4.69, 9.17) is 4.43 Å². The summed E-state index contributed by atoms with van der Waals surface area (Å²) in [6, 6.07) is 16.8. The Morgan fingerprint density at radius 2 is 1.45 bits per heavy atom. The number of benzene rings is 2. The molecule has 2 aromatic rings. The van der Waals surface area contributed by atoms with Gasteiger partial charge in [0.15, 0.2) is 0 Å². The molecule has 0 radical (unpaired) electrons. The van der Waals surface area contributed by atoms with Gasteiger partial charge in [0, 0.05) is 10.9 Å². The summed E-state index contributed by atoms with van der Waals surface area (Å²) < 4.78 is 7.68. The van der Waals surface area contributed by atoms with E-state index in [2.05, 4.69) is 92.3 Å². The molecular formula is C19H25BrOSi. The van der Waals surface area contributed by atoms with E-state index in [-0.39, 0.29) is 5.04 Å². The molecule has 0 spiro atoms. The fraction of sp³-hybridized carbons (Fsp3) is 0.368. The number of hydrogen-bond donors (Lipinski definition) is 0. The van der Waals surface area contributed by atoms with Crippen molar-refractivity contribution in [1.29, 1.82) is 0 Å². The molecule has 118 valence electrons. The molecule has 2 aromatic carbocycles. The molecule has 0 saturated carbocycles. The highest BCUT2D eigenvalue weighted by Gasteiger charge is 2.39. The summed E-state index contributed by atoms with van der Waals surface area (Å²) in [7, 11) is -1.82. The monoisotopic (exact) mass is 376 g/mol. The Kier molecular flexibility index (Phi) is 5.18. The van der Waals surface area contributed by atoms with Crippen LogP contribution in [-0.4, -0.2) is 8.32 Å². The lowest BCUT2D eigenvalue weighted by Crippen LogP contribution is -2.44. The Balaban J connectivity index is 2.30. The van der Waals surface area contributed by atoms with Gasteiger partial charge in [-0.15, -0.1) is 0 Å². The summed E-state index contributed by atoms with van der Waals surface area (Å²) in [5, 5.41) is 0.202. The van der Waals surface area contributed by atoms with Gasteiger partial charge in [0.1, 0.15) is 5.75 Å². The van der Waals surface area contributed by atoms with Gasteiger partial charge in [0.25, 0.3) is 0 Å². The molecule has 0 fully saturated rings. The molecule has 0 N–H and O–H groups in total. The topological polar surface area (TPSA) is 9.23 Å². The van der Waals surface area contributed by atoms with Crippen molar-refractivity contribution in [1.82, 2.24) is 0 Å². The minimum Gasteiger partial charge on any atom is -0.543 e. The zero-order valence-corrected chi connectivity index (χ0v) is 16.7. The van der Waals surface area contributed by atoms with E-state index in [1.807, 2.05) is 6.07 Å². The first-order valence-corrected chi connectivity index (χ1v) is 11.4. The molecule has 0 unspecified atom stereocenters. The van der Waals surface area contributed by atoms with Crippen molar-refractivity contribution < 1.29 is 4.43 Å². The van der Waals surface area contributed by atoms with E-state index < -0.39 is 8.32 Å². The van der Waals surface area contributed by atoms with E-state index in [1.165, 1.54) is 11.1 Å². The molecule has 1 nitrogen and oxygen atoms in total. The van der Waals surface area contributed by atoms with Crippen LogP contribution in [0, 0.1) is 0 Å². The average Bonchev–Trinajstić information content (AvgIpc) is 2.42. The number of rotatable bonds is 4. The van der Waals surface area contributed by atoms with Crippen LogP contribution in [0.25, 0.3) is 0 Å². The Morgan fingerprint density at radius 3 is 2.05 bits per heavy atom. The van der Waals surface area contributed by atoms with Crippen LogP contribution in [0.2, 0.25) is 18.1 Å². The normalized spacial score (nSPS) is 12.3. The van der Waals surface area contributed by atoms with E-state index in [0.717, 1.165) is 16.6 Å². The maximum absolute atomic E-state index is 6.53. The van der Waals surface area contributed by atoms with Gasteiger partial charge in [-0.2, -0.15) is 0 Å². The first kappa shape index (κ1) is 17.3. The van der Waals surface area contributed by atoms with Gasteiger partial charge in [-0.1, -0.05) is 73.1 Å². The molecule has 2 rings (SSSR count). The summed E-state index contributed by atoms with van der Waals surface area (Å²) in [6.45, 7) is 11.4. The average molecular weight is 377 g/mol. The molecule has 22 heavy (non-hydrogen) atoms. The van der Waals surface area contributed by atoms with Gasteiger partial charge in [-0.05, 0) is 41.4 Å². The van der Waals surface area contributed by atoms with Crippen LogP contribution in [0.4, 0.5) is 0 Å². The summed E-state index contributed by atoms with van der Waals surface area (Å²) in [5.41, 5.74) is 2.54. The van der Waals surface area contributed by atoms with Crippen LogP contribution >= 0.6 is 15.9 Å². The Labute approximate surface area is 144 Å². The molecule has 0 aliphatic carbocycles. The fourth-order valence-electron chi connectivity index (χ4n) is 2.02. The van der Waals surface area contributed by atoms with Crippen molar-refractivity contribution in [3.8, 4) is 5.75 Å². The maximum Gasteiger partial charge on any atom is 0.250 e. The SMILES string of the molecule is CC(C)(C)[Si](C)(C)Oc1ccccc1Cc1ccccc1Br. The molecule has 0 bridgehead atoms. The summed E-state index contributed by atoms with van der Waals surface area (Å²) in [4.78, 5) is 0. The zero-order chi connectivity index (χ0) is 16.4. The van der Waals surface area contributed by atoms with Crippen LogP contribution in [-0.2, 0) is 6.42 Å². The standard InChI is InChI=1S/C19H25BrOSi/c1-19(2,3)22(4,5)21-18-13-9-7-11-16(18)14-15-10-6-8-12-17(15)20/h6-13H,14H2,1-5H3. The molecule has 3 heteroatoms. The van der Waals surface area contributed by atoms with Crippen molar-refractivity contribution in [2.45, 2.75) is 45.3 Å². The van der Waals surface area contributed by atoms with Crippen molar-refractivity contribution in [2.75, 3.05) is 0 Å². The second kappa shape index (κ2) is 6.59. The van der Waals surface area contributed by atoms with Gasteiger partial charge in [-0.25, -0.2) is 0 Å². The van der Waals surface area contributed by atoms with Gasteiger partial charge >= 0.3 is 0 Å². The highest BCUT2D eigenvalue weighted by Crippen LogP contribution is 2.38. The van der Waals surface area contributed by atoms with Crippen molar-refractivity contribution in [3.05, 3.63) is 64.1 Å². The first-order chi connectivity index (χ1) is 10.2. The van der Waals surface area contributed by atoms with Gasteiger partial charge in [0.05, 0.1) is 0 Å². The van der Waals surface area contributed by atoms with E-state index in [1.54, 1.807) is 0 Å². The Hall–Kier alpha value is -1.06. The second-order valence-electron chi connectivity index (χ2n) is 7.24. The lowest BCUT2D eigenvalue weighted by molar-refractivity contribution is 0.488. The lowest BCUT2D eigenvalue weighted by Gasteiger charge is -2.37. The predicted octanol–water partition coefficient (Wildman–Crippen LogP) is 6.42. The Morgan fingerprint density at radius 1 is 0.909 bits per heavy atom. The third kappa shape index (κ3) is 4.02. The van der Waals surface area contributed by atoms with Crippen LogP contribution in [0.3, 0.4) is 0 Å². The largest absolute Gasteiger partial charge is 0.543 e. The van der Waals surface area contributed by atoms with E-state index >= 15 is 0 Å². The summed E-state index contributed by atoms with van der Waals surface area (Å²) in [5.74, 6) is 1.03. The lowest BCUT2D eigenvalue weighted by atomic mass is 10.0. The summed E-state index contributed by atoms with van der Waals surface area (Å²) >= 11 is 3.64. The number of hydrogen-bond acceptors (Lipinski definition) is 1. The second-order valence-corrected chi connectivity index (χ2v) is 12.8. The minimum absolute atomic E-state index is 0.202. The molecule has 0 atom stereocenters. The molecule has 0 amide bonds. The Bertz CT molecular complexity index is 644. The van der Waals surface area contributed by atoms with Gasteiger partial charge in [-0.3, -0.25) is 0 Å². The highest BCUT2D eigenvalue weighted by molar-refractivity contribution is 9.10. The molecular weight excluding hydrogens is 352 g/mol. The fourth-order valence-corrected chi connectivity index (χ4v) is 3.50. The molecule has 0 saturated heterocycles. The van der Waals surface area contributed by atoms with Crippen LogP contribution in [0.5, 0.6) is 5.75 Å². The van der Waals surface area contributed by atoms with Crippen LogP contribution in [0.1, 0.15) is 31.9 Å². The van der Waals surface area contributed by atoms with Crippen molar-refractivity contribution in [2.24, 2.45) is 0 Å². The maximum atomic E-state index is 6.53. The summed E-state index contributed by atoms with van der Waals surface area (Å²) in [6.07, 6.45) is 0.881. The zero-order valence-electron chi connectivity index (χ0n) is 14.1. The number of halogens is 1. The van der Waals surface area contributed by atoms with Crippen molar-refractivity contribution in [3.63, 3.8) is 0 Å². The smallest absolute Gasteiger partial charge is 0.250 e.